The highest BCUT2D eigenvalue weighted by Crippen LogP contribution is 2.33. The zero-order valence-corrected chi connectivity index (χ0v) is 22.7. The summed E-state index contributed by atoms with van der Waals surface area (Å²) in [6, 6.07) is 16.5. The third-order valence-corrected chi connectivity index (χ3v) is 6.40. The number of carbonyl (C=O) groups excluding carboxylic acids is 2. The minimum atomic E-state index is -0.206. The fourth-order valence-electron chi connectivity index (χ4n) is 4.07. The molecule has 8 nitrogen and oxygen atoms in total. The van der Waals surface area contributed by atoms with Gasteiger partial charge in [-0.15, -0.1) is 0 Å². The van der Waals surface area contributed by atoms with Gasteiger partial charge in [-0.25, -0.2) is 0 Å². The summed E-state index contributed by atoms with van der Waals surface area (Å²) in [5.74, 6) is 2.39. The molecular formula is C28H31BrN2O6. The molecule has 1 aliphatic rings. The van der Waals surface area contributed by atoms with Gasteiger partial charge in [0.05, 0.1) is 6.54 Å². The van der Waals surface area contributed by atoms with Gasteiger partial charge in [-0.1, -0.05) is 28.1 Å². The molecule has 0 unspecified atom stereocenters. The maximum atomic E-state index is 13.7. The van der Waals surface area contributed by atoms with Gasteiger partial charge in [-0.3, -0.25) is 9.59 Å². The van der Waals surface area contributed by atoms with Crippen LogP contribution >= 0.6 is 15.9 Å². The Morgan fingerprint density at radius 1 is 1.00 bits per heavy atom. The van der Waals surface area contributed by atoms with Crippen LogP contribution in [0.2, 0.25) is 0 Å². The number of rotatable bonds is 12. The number of halogens is 1. The first kappa shape index (κ1) is 26.8. The van der Waals surface area contributed by atoms with Gasteiger partial charge >= 0.3 is 0 Å². The van der Waals surface area contributed by atoms with E-state index in [-0.39, 0.29) is 31.7 Å². The molecule has 2 heterocycles. The van der Waals surface area contributed by atoms with Crippen molar-refractivity contribution in [3.63, 3.8) is 0 Å². The lowest BCUT2D eigenvalue weighted by Gasteiger charge is -2.27. The first-order valence-corrected chi connectivity index (χ1v) is 13.1. The van der Waals surface area contributed by atoms with Crippen LogP contribution < -0.4 is 9.47 Å². The SMILES string of the molecule is CCOCCCN(CC(=O)N(Cc1ccc2c(c1)OCO2)Cc1ccc(C)o1)C(=O)c1cccc(Br)c1. The minimum absolute atomic E-state index is 0.0677. The van der Waals surface area contributed by atoms with Crippen LogP contribution in [-0.2, 0) is 22.6 Å². The average Bonchev–Trinajstić information content (AvgIpc) is 3.53. The predicted molar refractivity (Wildman–Crippen MR) is 141 cm³/mol. The smallest absolute Gasteiger partial charge is 0.254 e. The number of hydrogen-bond acceptors (Lipinski definition) is 6. The Balaban J connectivity index is 1.54. The Kier molecular flexibility index (Phi) is 9.24. The van der Waals surface area contributed by atoms with Crippen LogP contribution in [0.4, 0.5) is 0 Å². The molecule has 0 spiro atoms. The Morgan fingerprint density at radius 2 is 1.84 bits per heavy atom. The van der Waals surface area contributed by atoms with Crippen molar-refractivity contribution < 1.29 is 28.2 Å². The van der Waals surface area contributed by atoms with Crippen molar-refractivity contribution >= 4 is 27.7 Å². The maximum absolute atomic E-state index is 13.7. The second-order valence-electron chi connectivity index (χ2n) is 8.74. The molecule has 0 N–H and O–H groups in total. The first-order valence-electron chi connectivity index (χ1n) is 12.3. The molecule has 2 amide bonds. The number of amides is 2. The van der Waals surface area contributed by atoms with Gasteiger partial charge in [0.1, 0.15) is 18.1 Å². The summed E-state index contributed by atoms with van der Waals surface area (Å²) < 4.78 is 22.9. The summed E-state index contributed by atoms with van der Waals surface area (Å²) in [6.07, 6.45) is 0.625. The molecular weight excluding hydrogens is 540 g/mol. The van der Waals surface area contributed by atoms with Crippen LogP contribution in [-0.4, -0.2) is 54.7 Å². The van der Waals surface area contributed by atoms with E-state index in [2.05, 4.69) is 15.9 Å². The fourth-order valence-corrected chi connectivity index (χ4v) is 4.47. The van der Waals surface area contributed by atoms with Gasteiger partial charge in [0.2, 0.25) is 12.7 Å². The van der Waals surface area contributed by atoms with Gasteiger partial charge in [-0.05, 0) is 68.3 Å². The molecule has 0 saturated carbocycles. The molecule has 0 radical (unpaired) electrons. The number of nitrogens with zero attached hydrogens (tertiary/aromatic N) is 2. The monoisotopic (exact) mass is 570 g/mol. The van der Waals surface area contributed by atoms with E-state index in [1.54, 1.807) is 21.9 Å². The largest absolute Gasteiger partial charge is 0.464 e. The van der Waals surface area contributed by atoms with Crippen molar-refractivity contribution in [3.05, 3.63) is 81.7 Å². The summed E-state index contributed by atoms with van der Waals surface area (Å²) in [7, 11) is 0. The maximum Gasteiger partial charge on any atom is 0.254 e. The van der Waals surface area contributed by atoms with Gasteiger partial charge in [-0.2, -0.15) is 0 Å². The molecule has 0 bridgehead atoms. The standard InChI is InChI=1S/C28H31BrN2O6/c1-3-34-13-5-12-30(28(33)22-6-4-7-23(29)15-22)18-27(32)31(17-24-10-8-20(2)37-24)16-21-9-11-25-26(14-21)36-19-35-25/h4,6-11,14-15H,3,5,12-13,16-19H2,1-2H3. The number of benzene rings is 2. The Morgan fingerprint density at radius 3 is 2.59 bits per heavy atom. The number of hydrogen-bond donors (Lipinski definition) is 0. The van der Waals surface area contributed by atoms with Gasteiger partial charge in [0, 0.05) is 36.3 Å². The molecule has 9 heteroatoms. The van der Waals surface area contributed by atoms with Crippen molar-refractivity contribution in [1.82, 2.24) is 9.80 Å². The van der Waals surface area contributed by atoms with Crippen LogP contribution in [0.1, 0.15) is 40.8 Å². The highest BCUT2D eigenvalue weighted by molar-refractivity contribution is 9.10. The summed E-state index contributed by atoms with van der Waals surface area (Å²) >= 11 is 3.43. The quantitative estimate of drug-likeness (QED) is 0.279. The van der Waals surface area contributed by atoms with E-state index < -0.39 is 0 Å². The number of carbonyl (C=O) groups is 2. The first-order chi connectivity index (χ1) is 17.9. The highest BCUT2D eigenvalue weighted by atomic mass is 79.9. The second-order valence-corrected chi connectivity index (χ2v) is 9.65. The molecule has 1 aliphatic heterocycles. The average molecular weight is 571 g/mol. The van der Waals surface area contributed by atoms with Crippen LogP contribution in [0.25, 0.3) is 0 Å². The summed E-state index contributed by atoms with van der Waals surface area (Å²) in [5, 5.41) is 0. The van der Waals surface area contributed by atoms with Crippen molar-refractivity contribution in [2.24, 2.45) is 0 Å². The van der Waals surface area contributed by atoms with Crippen molar-refractivity contribution in [2.75, 3.05) is 33.1 Å². The molecule has 0 aliphatic carbocycles. The van der Waals surface area contributed by atoms with Gasteiger partial charge < -0.3 is 28.4 Å². The molecule has 2 aromatic carbocycles. The fraction of sp³-hybridized carbons (Fsp3) is 0.357. The number of fused-ring (bicyclic) bond motifs is 1. The van der Waals surface area contributed by atoms with Crippen molar-refractivity contribution in [1.29, 1.82) is 0 Å². The molecule has 3 aromatic rings. The van der Waals surface area contributed by atoms with E-state index in [4.69, 9.17) is 18.6 Å². The summed E-state index contributed by atoms with van der Waals surface area (Å²) in [4.78, 5) is 30.4. The third kappa shape index (κ3) is 7.36. The topological polar surface area (TPSA) is 81.5 Å². The zero-order valence-electron chi connectivity index (χ0n) is 21.1. The number of ether oxygens (including phenoxy) is 3. The van der Waals surface area contributed by atoms with Crippen LogP contribution in [0.3, 0.4) is 0 Å². The van der Waals surface area contributed by atoms with Gasteiger partial charge in [0.15, 0.2) is 11.5 Å². The Hall–Kier alpha value is -3.30. The zero-order chi connectivity index (χ0) is 26.2. The normalized spacial score (nSPS) is 12.0. The van der Waals surface area contributed by atoms with Crippen LogP contribution in [0.15, 0.2) is 63.5 Å². The lowest BCUT2D eigenvalue weighted by atomic mass is 10.1. The van der Waals surface area contributed by atoms with Crippen LogP contribution in [0, 0.1) is 6.92 Å². The van der Waals surface area contributed by atoms with E-state index in [0.717, 1.165) is 15.8 Å². The summed E-state index contributed by atoms with van der Waals surface area (Å²) in [5.41, 5.74) is 1.41. The van der Waals surface area contributed by atoms with Gasteiger partial charge in [0.25, 0.3) is 5.91 Å². The second kappa shape index (κ2) is 12.8. The molecule has 196 valence electrons. The Labute approximate surface area is 225 Å². The number of aryl methyl sites for hydroxylation is 1. The molecule has 1 aromatic heterocycles. The molecule has 4 rings (SSSR count). The third-order valence-electron chi connectivity index (χ3n) is 5.91. The lowest BCUT2D eigenvalue weighted by Crippen LogP contribution is -2.43. The molecule has 37 heavy (non-hydrogen) atoms. The molecule has 0 atom stereocenters. The van der Waals surface area contributed by atoms with E-state index in [0.29, 0.717) is 55.5 Å². The molecule has 0 saturated heterocycles. The molecule has 0 fully saturated rings. The Bertz CT molecular complexity index is 1230. The van der Waals surface area contributed by atoms with E-state index in [1.165, 1.54) is 0 Å². The van der Waals surface area contributed by atoms with E-state index >= 15 is 0 Å². The van der Waals surface area contributed by atoms with Crippen molar-refractivity contribution in [3.8, 4) is 11.5 Å². The summed E-state index contributed by atoms with van der Waals surface area (Å²) in [6.45, 7) is 6.02. The van der Waals surface area contributed by atoms with Crippen LogP contribution in [0.5, 0.6) is 11.5 Å². The van der Waals surface area contributed by atoms with E-state index in [9.17, 15) is 9.59 Å². The highest BCUT2D eigenvalue weighted by Gasteiger charge is 2.24. The minimum Gasteiger partial charge on any atom is -0.464 e. The predicted octanol–water partition coefficient (Wildman–Crippen LogP) is 5.18. The number of furan rings is 1. The lowest BCUT2D eigenvalue weighted by molar-refractivity contribution is -0.133. The van der Waals surface area contributed by atoms with E-state index in [1.807, 2.05) is 56.3 Å². The van der Waals surface area contributed by atoms with Crippen molar-refractivity contribution in [2.45, 2.75) is 33.4 Å².